The second-order valence-corrected chi connectivity index (χ2v) is 6.69. The number of hydrogen-bond donors (Lipinski definition) is 2. The van der Waals surface area contributed by atoms with Crippen LogP contribution in [0.1, 0.15) is 45.7 Å². The minimum absolute atomic E-state index is 0.122. The summed E-state index contributed by atoms with van der Waals surface area (Å²) in [7, 11) is 1.69. The lowest BCUT2D eigenvalue weighted by molar-refractivity contribution is 0.0794. The molecule has 0 amide bonds. The fourth-order valence-corrected chi connectivity index (χ4v) is 1.89. The van der Waals surface area contributed by atoms with Crippen LogP contribution < -0.4 is 10.1 Å². The van der Waals surface area contributed by atoms with Gasteiger partial charge in [0.05, 0.1) is 12.7 Å². The molecule has 0 bridgehead atoms. The average Bonchev–Trinajstić information content (AvgIpc) is 2.26. The second-order valence-electron chi connectivity index (χ2n) is 6.69. The van der Waals surface area contributed by atoms with E-state index in [0.29, 0.717) is 13.1 Å². The lowest BCUT2D eigenvalue weighted by Gasteiger charge is -2.22. The molecular weight excluding hydrogens is 238 g/mol. The van der Waals surface area contributed by atoms with Crippen molar-refractivity contribution in [2.24, 2.45) is 0 Å². The van der Waals surface area contributed by atoms with E-state index in [1.807, 2.05) is 6.07 Å². The van der Waals surface area contributed by atoms with Crippen molar-refractivity contribution in [2.45, 2.75) is 52.2 Å². The summed E-state index contributed by atoms with van der Waals surface area (Å²) in [5, 5.41) is 13.0. The number of aliphatic hydroxyl groups is 1. The Morgan fingerprint density at radius 3 is 2.26 bits per heavy atom. The van der Waals surface area contributed by atoms with Crippen molar-refractivity contribution in [3.05, 3.63) is 29.3 Å². The molecule has 0 unspecified atom stereocenters. The average molecular weight is 265 g/mol. The van der Waals surface area contributed by atoms with Crippen molar-refractivity contribution in [1.82, 2.24) is 5.32 Å². The third-order valence-electron chi connectivity index (χ3n) is 3.02. The highest BCUT2D eigenvalue weighted by Gasteiger charge is 2.16. The number of methoxy groups -OCH3 is 1. The largest absolute Gasteiger partial charge is 0.496 e. The Hall–Kier alpha value is -1.06. The summed E-state index contributed by atoms with van der Waals surface area (Å²) in [6.07, 6.45) is 0. The molecule has 0 aliphatic carbocycles. The Kier molecular flexibility index (Phi) is 4.99. The molecular formula is C16H27NO2. The lowest BCUT2D eigenvalue weighted by atomic mass is 9.86. The summed E-state index contributed by atoms with van der Waals surface area (Å²) < 4.78 is 5.39. The van der Waals surface area contributed by atoms with E-state index in [9.17, 15) is 5.11 Å². The zero-order chi connectivity index (χ0) is 14.7. The topological polar surface area (TPSA) is 41.5 Å². The first-order chi connectivity index (χ1) is 8.63. The third-order valence-corrected chi connectivity index (χ3v) is 3.02. The zero-order valence-electron chi connectivity index (χ0n) is 13.0. The number of benzene rings is 1. The van der Waals surface area contributed by atoms with Crippen LogP contribution in [0.15, 0.2) is 18.2 Å². The maximum atomic E-state index is 9.71. The summed E-state index contributed by atoms with van der Waals surface area (Å²) >= 11 is 0. The third kappa shape index (κ3) is 5.21. The molecule has 1 rings (SSSR count). The first-order valence-electron chi connectivity index (χ1n) is 6.74. The van der Waals surface area contributed by atoms with Crippen molar-refractivity contribution < 1.29 is 9.84 Å². The van der Waals surface area contributed by atoms with Crippen molar-refractivity contribution in [2.75, 3.05) is 13.7 Å². The first kappa shape index (κ1) is 16.0. The van der Waals surface area contributed by atoms with Gasteiger partial charge in [0.25, 0.3) is 0 Å². The van der Waals surface area contributed by atoms with E-state index in [1.165, 1.54) is 5.56 Å². The minimum Gasteiger partial charge on any atom is -0.496 e. The number of rotatable bonds is 5. The van der Waals surface area contributed by atoms with Gasteiger partial charge in [0, 0.05) is 18.7 Å². The Morgan fingerprint density at radius 1 is 1.16 bits per heavy atom. The number of ether oxygens (including phenoxy) is 1. The molecule has 0 atom stereocenters. The quantitative estimate of drug-likeness (QED) is 0.860. The summed E-state index contributed by atoms with van der Waals surface area (Å²) in [6.45, 7) is 11.4. The van der Waals surface area contributed by atoms with Crippen LogP contribution in [0.4, 0.5) is 0 Å². The van der Waals surface area contributed by atoms with Crippen LogP contribution in [0.3, 0.4) is 0 Å². The van der Waals surface area contributed by atoms with Gasteiger partial charge in [-0.1, -0.05) is 32.9 Å². The maximum absolute atomic E-state index is 9.71. The Bertz CT molecular complexity index is 414. The van der Waals surface area contributed by atoms with Crippen LogP contribution in [-0.2, 0) is 12.0 Å². The molecule has 3 nitrogen and oxygen atoms in total. The van der Waals surface area contributed by atoms with E-state index in [-0.39, 0.29) is 5.41 Å². The molecule has 0 aliphatic rings. The highest BCUT2D eigenvalue weighted by atomic mass is 16.5. The van der Waals surface area contributed by atoms with Crippen LogP contribution in [0.5, 0.6) is 5.75 Å². The Labute approximate surface area is 117 Å². The van der Waals surface area contributed by atoms with Crippen molar-refractivity contribution >= 4 is 0 Å². The van der Waals surface area contributed by atoms with Gasteiger partial charge in [-0.05, 0) is 30.9 Å². The van der Waals surface area contributed by atoms with Gasteiger partial charge < -0.3 is 15.2 Å². The predicted molar refractivity (Wildman–Crippen MR) is 79.7 cm³/mol. The van der Waals surface area contributed by atoms with Crippen molar-refractivity contribution in [3.63, 3.8) is 0 Å². The summed E-state index contributed by atoms with van der Waals surface area (Å²) in [5.41, 5.74) is 1.83. The first-order valence-corrected chi connectivity index (χ1v) is 6.74. The molecule has 0 radical (unpaired) electrons. The molecule has 1 aromatic rings. The normalized spacial score (nSPS) is 12.6. The Morgan fingerprint density at radius 2 is 1.79 bits per heavy atom. The highest BCUT2D eigenvalue weighted by Crippen LogP contribution is 2.27. The van der Waals surface area contributed by atoms with Gasteiger partial charge >= 0.3 is 0 Å². The number of hydrogen-bond acceptors (Lipinski definition) is 3. The molecule has 19 heavy (non-hydrogen) atoms. The monoisotopic (exact) mass is 265 g/mol. The molecule has 2 N–H and O–H groups in total. The standard InChI is InChI=1S/C16H27NO2/c1-15(2,3)13-7-8-14(19-6)12(9-13)10-17-11-16(4,5)18/h7-9,17-18H,10-11H2,1-6H3. The van der Waals surface area contributed by atoms with Gasteiger partial charge in [-0.25, -0.2) is 0 Å². The van der Waals surface area contributed by atoms with E-state index in [2.05, 4.69) is 38.2 Å². The Balaban J connectivity index is 2.85. The fraction of sp³-hybridized carbons (Fsp3) is 0.625. The minimum atomic E-state index is -0.700. The van der Waals surface area contributed by atoms with Gasteiger partial charge in [0.1, 0.15) is 5.75 Å². The van der Waals surface area contributed by atoms with Gasteiger partial charge in [-0.2, -0.15) is 0 Å². The molecule has 0 aliphatic heterocycles. The summed E-state index contributed by atoms with van der Waals surface area (Å²) in [5.74, 6) is 0.885. The van der Waals surface area contributed by atoms with E-state index in [4.69, 9.17) is 4.74 Å². The van der Waals surface area contributed by atoms with Gasteiger partial charge in [-0.3, -0.25) is 0 Å². The molecule has 0 spiro atoms. The summed E-state index contributed by atoms with van der Waals surface area (Å²) in [4.78, 5) is 0. The van der Waals surface area contributed by atoms with E-state index < -0.39 is 5.60 Å². The molecule has 0 aromatic heterocycles. The van der Waals surface area contributed by atoms with Gasteiger partial charge in [0.2, 0.25) is 0 Å². The van der Waals surface area contributed by atoms with E-state index in [1.54, 1.807) is 21.0 Å². The SMILES string of the molecule is COc1ccc(C(C)(C)C)cc1CNCC(C)(C)O. The van der Waals surface area contributed by atoms with Crippen molar-refractivity contribution in [3.8, 4) is 5.75 Å². The lowest BCUT2D eigenvalue weighted by Crippen LogP contribution is -2.34. The second kappa shape index (κ2) is 5.93. The predicted octanol–water partition coefficient (Wildman–Crippen LogP) is 2.85. The highest BCUT2D eigenvalue weighted by molar-refractivity contribution is 5.39. The molecule has 108 valence electrons. The number of nitrogens with one attached hydrogen (secondary N) is 1. The molecule has 0 saturated carbocycles. The van der Waals surface area contributed by atoms with E-state index >= 15 is 0 Å². The molecule has 0 saturated heterocycles. The van der Waals surface area contributed by atoms with Gasteiger partial charge in [-0.15, -0.1) is 0 Å². The molecule has 0 heterocycles. The molecule has 1 aromatic carbocycles. The van der Waals surface area contributed by atoms with Crippen molar-refractivity contribution in [1.29, 1.82) is 0 Å². The smallest absolute Gasteiger partial charge is 0.123 e. The van der Waals surface area contributed by atoms with Crippen LogP contribution in [0, 0.1) is 0 Å². The van der Waals surface area contributed by atoms with Crippen LogP contribution >= 0.6 is 0 Å². The molecule has 0 fully saturated rings. The van der Waals surface area contributed by atoms with Crippen LogP contribution in [0.25, 0.3) is 0 Å². The zero-order valence-corrected chi connectivity index (χ0v) is 13.0. The fourth-order valence-electron chi connectivity index (χ4n) is 1.89. The van der Waals surface area contributed by atoms with E-state index in [0.717, 1.165) is 11.3 Å². The van der Waals surface area contributed by atoms with Crippen LogP contribution in [0.2, 0.25) is 0 Å². The summed E-state index contributed by atoms with van der Waals surface area (Å²) in [6, 6.07) is 6.30. The van der Waals surface area contributed by atoms with Crippen LogP contribution in [-0.4, -0.2) is 24.4 Å². The maximum Gasteiger partial charge on any atom is 0.123 e. The molecule has 3 heteroatoms. The van der Waals surface area contributed by atoms with Gasteiger partial charge in [0.15, 0.2) is 0 Å².